The van der Waals surface area contributed by atoms with E-state index >= 15 is 0 Å². The van der Waals surface area contributed by atoms with Crippen LogP contribution in [0.15, 0.2) is 42.5 Å². The third-order valence-electron chi connectivity index (χ3n) is 3.37. The van der Waals surface area contributed by atoms with E-state index in [4.69, 9.17) is 9.47 Å². The van der Waals surface area contributed by atoms with Crippen LogP contribution in [0.2, 0.25) is 0 Å². The summed E-state index contributed by atoms with van der Waals surface area (Å²) in [5, 5.41) is 3.36. The second-order valence-corrected chi connectivity index (χ2v) is 6.21. The third kappa shape index (κ3) is 3.83. The topological polar surface area (TPSA) is 60.5 Å². The molecule has 24 heavy (non-hydrogen) atoms. The number of amides is 1. The van der Waals surface area contributed by atoms with Gasteiger partial charge in [0, 0.05) is 0 Å². The van der Waals surface area contributed by atoms with Crippen LogP contribution in [0.4, 0.5) is 5.13 Å². The number of thiazole rings is 1. The highest BCUT2D eigenvalue weighted by atomic mass is 32.1. The molecule has 0 fully saturated rings. The zero-order valence-corrected chi connectivity index (χ0v) is 14.4. The van der Waals surface area contributed by atoms with Gasteiger partial charge in [-0.3, -0.25) is 10.1 Å². The average molecular weight is 342 g/mol. The van der Waals surface area contributed by atoms with Crippen LogP contribution < -0.4 is 14.8 Å². The Morgan fingerprint density at radius 2 is 1.83 bits per heavy atom. The number of hydrogen-bond acceptors (Lipinski definition) is 5. The predicted octanol–water partition coefficient (Wildman–Crippen LogP) is 4.02. The first kappa shape index (κ1) is 16.3. The third-order valence-corrected chi connectivity index (χ3v) is 4.31. The van der Waals surface area contributed by atoms with E-state index in [1.165, 1.54) is 11.3 Å². The summed E-state index contributed by atoms with van der Waals surface area (Å²) in [4.78, 5) is 16.5. The minimum absolute atomic E-state index is 0.0666. The van der Waals surface area contributed by atoms with Gasteiger partial charge in [-0.25, -0.2) is 4.98 Å². The first-order valence-electron chi connectivity index (χ1n) is 7.67. The van der Waals surface area contributed by atoms with Crippen LogP contribution in [0.25, 0.3) is 10.2 Å². The van der Waals surface area contributed by atoms with Gasteiger partial charge in [-0.15, -0.1) is 0 Å². The van der Waals surface area contributed by atoms with Gasteiger partial charge in [0.1, 0.15) is 11.5 Å². The highest BCUT2D eigenvalue weighted by molar-refractivity contribution is 7.22. The van der Waals surface area contributed by atoms with Crippen LogP contribution in [-0.4, -0.2) is 24.1 Å². The van der Waals surface area contributed by atoms with Gasteiger partial charge in [0.15, 0.2) is 11.7 Å². The number of hydrogen-bond donors (Lipinski definition) is 1. The molecule has 1 aromatic heterocycles. The Morgan fingerprint density at radius 1 is 1.12 bits per heavy atom. The van der Waals surface area contributed by atoms with E-state index in [-0.39, 0.29) is 12.5 Å². The summed E-state index contributed by atoms with van der Waals surface area (Å²) in [6.45, 7) is 4.48. The highest BCUT2D eigenvalue weighted by Gasteiger charge is 2.09. The van der Waals surface area contributed by atoms with Crippen molar-refractivity contribution in [2.75, 3.05) is 18.5 Å². The van der Waals surface area contributed by atoms with Gasteiger partial charge in [0.05, 0.1) is 16.8 Å². The molecule has 124 valence electrons. The Bertz CT molecular complexity index is 843. The number of nitrogens with zero attached hydrogens (tertiary/aromatic N) is 1. The number of rotatable bonds is 6. The van der Waals surface area contributed by atoms with E-state index in [9.17, 15) is 4.79 Å². The molecule has 0 aliphatic rings. The zero-order valence-electron chi connectivity index (χ0n) is 13.5. The highest BCUT2D eigenvalue weighted by Crippen LogP contribution is 2.27. The van der Waals surface area contributed by atoms with Crippen molar-refractivity contribution in [1.82, 2.24) is 4.98 Å². The van der Waals surface area contributed by atoms with E-state index in [0.29, 0.717) is 17.5 Å². The molecule has 1 N–H and O–H groups in total. The van der Waals surface area contributed by atoms with E-state index in [1.54, 1.807) is 12.1 Å². The van der Waals surface area contributed by atoms with Crippen molar-refractivity contribution >= 4 is 32.6 Å². The summed E-state index contributed by atoms with van der Waals surface area (Å²) >= 11 is 1.45. The van der Waals surface area contributed by atoms with Crippen LogP contribution in [0.5, 0.6) is 11.5 Å². The first-order chi connectivity index (χ1) is 11.7. The molecule has 0 aliphatic heterocycles. The fourth-order valence-electron chi connectivity index (χ4n) is 2.24. The Morgan fingerprint density at radius 3 is 2.50 bits per heavy atom. The summed E-state index contributed by atoms with van der Waals surface area (Å²) in [5.41, 5.74) is 2.01. The van der Waals surface area contributed by atoms with E-state index in [2.05, 4.69) is 10.3 Å². The molecule has 0 atom stereocenters. The van der Waals surface area contributed by atoms with Crippen molar-refractivity contribution in [2.24, 2.45) is 0 Å². The van der Waals surface area contributed by atoms with Gasteiger partial charge < -0.3 is 9.47 Å². The van der Waals surface area contributed by atoms with Gasteiger partial charge in [-0.05, 0) is 49.7 Å². The number of benzene rings is 2. The van der Waals surface area contributed by atoms with Crippen molar-refractivity contribution in [3.63, 3.8) is 0 Å². The molecule has 0 bridgehead atoms. The molecule has 1 heterocycles. The molecular weight excluding hydrogens is 324 g/mol. The Kier molecular flexibility index (Phi) is 4.96. The lowest BCUT2D eigenvalue weighted by molar-refractivity contribution is -0.118. The largest absolute Gasteiger partial charge is 0.494 e. The van der Waals surface area contributed by atoms with Crippen molar-refractivity contribution < 1.29 is 14.3 Å². The molecule has 0 saturated carbocycles. The monoisotopic (exact) mass is 342 g/mol. The second kappa shape index (κ2) is 7.31. The number of anilines is 1. The van der Waals surface area contributed by atoms with E-state index in [0.717, 1.165) is 21.5 Å². The molecular formula is C18H18N2O3S. The smallest absolute Gasteiger partial charge is 0.264 e. The maximum absolute atomic E-state index is 12.0. The summed E-state index contributed by atoms with van der Waals surface area (Å²) < 4.78 is 11.9. The normalized spacial score (nSPS) is 10.6. The van der Waals surface area contributed by atoms with Crippen molar-refractivity contribution in [1.29, 1.82) is 0 Å². The van der Waals surface area contributed by atoms with Crippen LogP contribution >= 0.6 is 11.3 Å². The van der Waals surface area contributed by atoms with Gasteiger partial charge in [-0.1, -0.05) is 23.5 Å². The minimum atomic E-state index is -0.236. The van der Waals surface area contributed by atoms with Crippen molar-refractivity contribution in [3.8, 4) is 11.5 Å². The van der Waals surface area contributed by atoms with E-state index in [1.807, 2.05) is 44.2 Å². The standard InChI is InChI=1S/C18H18N2O3S/c1-3-22-13-7-9-14(10-8-13)23-11-16(21)19-18-20-17-12(2)5-4-6-15(17)24-18/h4-10H,3,11H2,1-2H3,(H,19,20,21). The molecule has 6 heteroatoms. The number of para-hydroxylation sites is 1. The maximum Gasteiger partial charge on any atom is 0.264 e. The number of nitrogens with one attached hydrogen (secondary N) is 1. The van der Waals surface area contributed by atoms with Crippen molar-refractivity contribution in [3.05, 3.63) is 48.0 Å². The van der Waals surface area contributed by atoms with Crippen LogP contribution in [0.3, 0.4) is 0 Å². The fraction of sp³-hybridized carbons (Fsp3) is 0.222. The lowest BCUT2D eigenvalue weighted by Gasteiger charge is -2.07. The molecule has 5 nitrogen and oxygen atoms in total. The summed E-state index contributed by atoms with van der Waals surface area (Å²) in [5.74, 6) is 1.16. The number of carbonyl (C=O) groups is 1. The van der Waals surface area contributed by atoms with Gasteiger partial charge in [-0.2, -0.15) is 0 Å². The summed E-state index contributed by atoms with van der Waals surface area (Å²) in [7, 11) is 0. The Balaban J connectivity index is 1.57. The number of carbonyl (C=O) groups excluding carboxylic acids is 1. The number of fused-ring (bicyclic) bond motifs is 1. The molecule has 2 aromatic carbocycles. The Hall–Kier alpha value is -2.60. The molecule has 1 amide bonds. The lowest BCUT2D eigenvalue weighted by Crippen LogP contribution is -2.19. The van der Waals surface area contributed by atoms with Gasteiger partial charge in [0.25, 0.3) is 5.91 Å². The molecule has 0 aliphatic carbocycles. The second-order valence-electron chi connectivity index (χ2n) is 5.18. The molecule has 0 spiro atoms. The van der Waals surface area contributed by atoms with Crippen LogP contribution in [-0.2, 0) is 4.79 Å². The number of aryl methyl sites for hydroxylation is 1. The fourth-order valence-corrected chi connectivity index (χ4v) is 3.20. The Labute approximate surface area is 144 Å². The van der Waals surface area contributed by atoms with E-state index < -0.39 is 0 Å². The summed E-state index contributed by atoms with van der Waals surface area (Å²) in [6, 6.07) is 13.2. The number of aromatic nitrogens is 1. The van der Waals surface area contributed by atoms with Gasteiger partial charge in [0.2, 0.25) is 0 Å². The van der Waals surface area contributed by atoms with Crippen LogP contribution in [0, 0.1) is 6.92 Å². The molecule has 0 saturated heterocycles. The van der Waals surface area contributed by atoms with Crippen molar-refractivity contribution in [2.45, 2.75) is 13.8 Å². The SMILES string of the molecule is CCOc1ccc(OCC(=O)Nc2nc3c(C)cccc3s2)cc1. The van der Waals surface area contributed by atoms with Crippen LogP contribution in [0.1, 0.15) is 12.5 Å². The first-order valence-corrected chi connectivity index (χ1v) is 8.49. The average Bonchev–Trinajstić information content (AvgIpc) is 2.98. The quantitative estimate of drug-likeness (QED) is 0.735. The lowest BCUT2D eigenvalue weighted by atomic mass is 10.2. The molecule has 0 unspecified atom stereocenters. The summed E-state index contributed by atoms with van der Waals surface area (Å²) in [6.07, 6.45) is 0. The zero-order chi connectivity index (χ0) is 16.9. The van der Waals surface area contributed by atoms with Gasteiger partial charge >= 0.3 is 0 Å². The predicted molar refractivity (Wildman–Crippen MR) is 96.1 cm³/mol. The minimum Gasteiger partial charge on any atom is -0.494 e. The molecule has 0 radical (unpaired) electrons. The molecule has 3 aromatic rings. The maximum atomic E-state index is 12.0. The molecule has 3 rings (SSSR count). The number of ether oxygens (including phenoxy) is 2.